The molecule has 1 aliphatic carbocycles. The maximum atomic E-state index is 12.8. The number of rotatable bonds is 38. The molecule has 1 rings (SSSR count). The molecule has 3 unspecified atom stereocenters. The molecule has 1 fully saturated rings. The summed E-state index contributed by atoms with van der Waals surface area (Å²) in [5.41, 5.74) is 0. The van der Waals surface area contributed by atoms with Gasteiger partial charge in [-0.05, 0) is 57.8 Å². The number of hydrogen-bond acceptors (Lipinski definition) is 13. The van der Waals surface area contributed by atoms with Crippen molar-refractivity contribution < 1.29 is 68.2 Å². The van der Waals surface area contributed by atoms with Crippen LogP contribution in [0.5, 0.6) is 0 Å². The Labute approximate surface area is 372 Å². The number of aliphatic hydroxyl groups excluding tert-OH is 6. The smallest absolute Gasteiger partial charge is 0.462 e. The first-order chi connectivity index (χ1) is 29.8. The van der Waals surface area contributed by atoms with Crippen molar-refractivity contribution >= 4 is 19.8 Å². The third-order valence-electron chi connectivity index (χ3n) is 10.8. The maximum Gasteiger partial charge on any atom is 0.472 e. The van der Waals surface area contributed by atoms with Crippen molar-refractivity contribution in [1.82, 2.24) is 0 Å². The van der Waals surface area contributed by atoms with Crippen LogP contribution in [0.4, 0.5) is 0 Å². The van der Waals surface area contributed by atoms with Crippen LogP contribution in [-0.4, -0.2) is 110 Å². The second kappa shape index (κ2) is 37.0. The highest BCUT2D eigenvalue weighted by Gasteiger charge is 2.51. The highest BCUT2D eigenvalue weighted by Crippen LogP contribution is 2.47. The van der Waals surface area contributed by atoms with Gasteiger partial charge in [0.2, 0.25) is 0 Å². The second-order valence-corrected chi connectivity index (χ2v) is 17.8. The van der Waals surface area contributed by atoms with Gasteiger partial charge in [0.05, 0.1) is 12.7 Å². The molecule has 0 aromatic carbocycles. The lowest BCUT2D eigenvalue weighted by Gasteiger charge is -2.41. The Hall–Kier alpha value is -2.23. The highest BCUT2D eigenvalue weighted by atomic mass is 31.2. The molecule has 1 saturated carbocycles. The summed E-state index contributed by atoms with van der Waals surface area (Å²) >= 11 is 0. The number of unbranched alkanes of at least 4 members (excludes halogenated alkanes) is 15. The van der Waals surface area contributed by atoms with E-state index in [2.05, 4.69) is 43.4 Å². The van der Waals surface area contributed by atoms with Crippen molar-refractivity contribution in [2.45, 2.75) is 223 Å². The average Bonchev–Trinajstić information content (AvgIpc) is 3.25. The molecule has 1 aliphatic rings. The predicted molar refractivity (Wildman–Crippen MR) is 241 cm³/mol. The van der Waals surface area contributed by atoms with Crippen molar-refractivity contribution in [2.24, 2.45) is 0 Å². The quantitative estimate of drug-likeness (QED) is 0.0134. The van der Waals surface area contributed by atoms with Gasteiger partial charge in [0, 0.05) is 12.8 Å². The molecule has 0 aromatic heterocycles. The molecular formula is C47H83O14P. The van der Waals surface area contributed by atoms with E-state index in [9.17, 15) is 49.7 Å². The third-order valence-corrected chi connectivity index (χ3v) is 11.8. The van der Waals surface area contributed by atoms with Crippen LogP contribution in [0.3, 0.4) is 0 Å². The second-order valence-electron chi connectivity index (χ2n) is 16.4. The number of hydrogen-bond donors (Lipinski definition) is 7. The van der Waals surface area contributed by atoms with Crippen LogP contribution < -0.4 is 0 Å². The summed E-state index contributed by atoms with van der Waals surface area (Å²) in [4.78, 5) is 35.7. The van der Waals surface area contributed by atoms with Gasteiger partial charge in [-0.3, -0.25) is 18.6 Å². The molecule has 14 nitrogen and oxygen atoms in total. The molecular weight excluding hydrogens is 819 g/mol. The number of phosphoric acid groups is 1. The van der Waals surface area contributed by atoms with Crippen LogP contribution in [-0.2, 0) is 32.7 Å². The van der Waals surface area contributed by atoms with Crippen LogP contribution in [0.1, 0.15) is 174 Å². The number of ether oxygens (including phenoxy) is 2. The Morgan fingerprint density at radius 1 is 0.565 bits per heavy atom. The fourth-order valence-electron chi connectivity index (χ4n) is 6.85. The first kappa shape index (κ1) is 57.8. The average molecular weight is 903 g/mol. The van der Waals surface area contributed by atoms with E-state index < -0.39 is 75.7 Å². The minimum atomic E-state index is -5.14. The van der Waals surface area contributed by atoms with Gasteiger partial charge in [0.15, 0.2) is 6.10 Å². The molecule has 0 aliphatic heterocycles. The Kier molecular flexibility index (Phi) is 34.5. The van der Waals surface area contributed by atoms with E-state index in [1.165, 1.54) is 64.2 Å². The van der Waals surface area contributed by atoms with Crippen molar-refractivity contribution in [2.75, 3.05) is 13.2 Å². The van der Waals surface area contributed by atoms with Crippen LogP contribution in [0, 0.1) is 0 Å². The van der Waals surface area contributed by atoms with E-state index in [1.54, 1.807) is 0 Å². The molecule has 0 radical (unpaired) electrons. The van der Waals surface area contributed by atoms with E-state index in [0.29, 0.717) is 19.3 Å². The Bertz CT molecular complexity index is 1290. The van der Waals surface area contributed by atoms with Crippen molar-refractivity contribution in [3.05, 3.63) is 48.6 Å². The molecule has 0 saturated heterocycles. The van der Waals surface area contributed by atoms with Gasteiger partial charge >= 0.3 is 19.8 Å². The van der Waals surface area contributed by atoms with Gasteiger partial charge in [0.25, 0.3) is 0 Å². The lowest BCUT2D eigenvalue weighted by molar-refractivity contribution is -0.220. The first-order valence-corrected chi connectivity index (χ1v) is 25.0. The van der Waals surface area contributed by atoms with E-state index in [1.807, 2.05) is 19.1 Å². The first-order valence-electron chi connectivity index (χ1n) is 23.5. The molecule has 9 atom stereocenters. The summed E-state index contributed by atoms with van der Waals surface area (Å²) in [6.45, 7) is 2.97. The van der Waals surface area contributed by atoms with Crippen LogP contribution >= 0.6 is 7.82 Å². The summed E-state index contributed by atoms with van der Waals surface area (Å²) in [6, 6.07) is 0. The maximum absolute atomic E-state index is 12.8. The van der Waals surface area contributed by atoms with E-state index in [0.717, 1.165) is 64.2 Å². The molecule has 0 heterocycles. The molecule has 0 amide bonds. The van der Waals surface area contributed by atoms with Crippen molar-refractivity contribution in [3.63, 3.8) is 0 Å². The van der Waals surface area contributed by atoms with Crippen molar-refractivity contribution in [3.8, 4) is 0 Å². The molecule has 62 heavy (non-hydrogen) atoms. The van der Waals surface area contributed by atoms with Crippen LogP contribution in [0.15, 0.2) is 48.6 Å². The minimum absolute atomic E-state index is 0.0782. The van der Waals surface area contributed by atoms with Crippen LogP contribution in [0.25, 0.3) is 0 Å². The number of carbonyl (C=O) groups is 2. The molecule has 7 N–H and O–H groups in total. The standard InChI is InChI=1S/C47H83O14P/c1-3-5-6-7-8-9-10-11-12-17-20-23-26-29-32-35-41(50)60-39(37-59-62(56,57)61-47-45(54)43(52)42(51)44(53)46(47)55)36-58-40(49)34-31-28-25-22-19-16-14-13-15-18-21-24-27-30-33-38(48)4-2/h14-16,18,22,24-25,27,38-39,42-48,51-55H,3-13,17,19-21,23,26,28-37H2,1-2H3,(H,56,57)/b16-14-,18-15-,25-22-,27-24-/t38-,39+,42?,43-,44+,45+,46+,47?/m0/s1. The predicted octanol–water partition coefficient (Wildman–Crippen LogP) is 8.14. The summed E-state index contributed by atoms with van der Waals surface area (Å²) in [7, 11) is -5.14. The number of carbonyl (C=O) groups excluding carboxylic acids is 2. The van der Waals surface area contributed by atoms with Gasteiger partial charge in [-0.25, -0.2) is 4.57 Å². The SMILES string of the molecule is CCCCCCCCCCCCCCCCCC(=O)O[C@H](COC(=O)CCC/C=C\C/C=C\C/C=C\C/C=C\CC[C@@H](O)CC)COP(=O)(O)OC1[C@H](O)[C@H](O)C(O)[C@H](O)[C@H]1O. The number of esters is 2. The highest BCUT2D eigenvalue weighted by molar-refractivity contribution is 7.47. The summed E-state index contributed by atoms with van der Waals surface area (Å²) in [5.74, 6) is -1.18. The molecule has 0 aromatic rings. The fourth-order valence-corrected chi connectivity index (χ4v) is 7.82. The Morgan fingerprint density at radius 3 is 1.50 bits per heavy atom. The molecule has 0 spiro atoms. The third kappa shape index (κ3) is 29.3. The summed E-state index contributed by atoms with van der Waals surface area (Å²) < 4.78 is 33.5. The normalized spacial score (nSPS) is 22.8. The van der Waals surface area contributed by atoms with E-state index in [-0.39, 0.29) is 18.9 Å². The Balaban J connectivity index is 2.49. The van der Waals surface area contributed by atoms with Gasteiger partial charge in [-0.15, -0.1) is 0 Å². The number of aliphatic hydroxyl groups is 6. The molecule has 0 bridgehead atoms. The number of allylic oxidation sites excluding steroid dienone is 8. The summed E-state index contributed by atoms with van der Waals surface area (Å²) in [6.07, 6.45) is 26.8. The van der Waals surface area contributed by atoms with Gasteiger partial charge in [-0.1, -0.05) is 152 Å². The van der Waals surface area contributed by atoms with Gasteiger partial charge in [0.1, 0.15) is 43.2 Å². The Morgan fingerprint density at radius 2 is 1.00 bits per heavy atom. The van der Waals surface area contributed by atoms with Crippen molar-refractivity contribution in [1.29, 1.82) is 0 Å². The van der Waals surface area contributed by atoms with Gasteiger partial charge < -0.3 is 45.0 Å². The zero-order chi connectivity index (χ0) is 45.9. The summed E-state index contributed by atoms with van der Waals surface area (Å²) in [5, 5.41) is 59.7. The lowest BCUT2D eigenvalue weighted by Crippen LogP contribution is -2.64. The molecule has 360 valence electrons. The van der Waals surface area contributed by atoms with E-state index in [4.69, 9.17) is 18.5 Å². The zero-order valence-electron chi connectivity index (χ0n) is 37.8. The fraction of sp³-hybridized carbons (Fsp3) is 0.787. The van der Waals surface area contributed by atoms with E-state index >= 15 is 0 Å². The lowest BCUT2D eigenvalue weighted by atomic mass is 9.85. The zero-order valence-corrected chi connectivity index (χ0v) is 38.7. The topological polar surface area (TPSA) is 230 Å². The monoisotopic (exact) mass is 903 g/mol. The van der Waals surface area contributed by atoms with Crippen LogP contribution in [0.2, 0.25) is 0 Å². The largest absolute Gasteiger partial charge is 0.472 e. The minimum Gasteiger partial charge on any atom is -0.462 e. The van der Waals surface area contributed by atoms with Gasteiger partial charge in [-0.2, -0.15) is 0 Å². The molecule has 15 heteroatoms. The number of phosphoric ester groups is 1.